The Kier molecular flexibility index (Phi) is 114. The van der Waals surface area contributed by atoms with E-state index >= 15 is 0 Å². The van der Waals surface area contributed by atoms with Crippen molar-refractivity contribution in [3.8, 4) is 0 Å². The summed E-state index contributed by atoms with van der Waals surface area (Å²) in [6.07, 6.45) is 0.987. The predicted molar refractivity (Wildman–Crippen MR) is 168 cm³/mol. The van der Waals surface area contributed by atoms with Crippen LogP contribution < -0.4 is 27.4 Å². The van der Waals surface area contributed by atoms with Gasteiger partial charge in [-0.2, -0.15) is 0 Å². The third-order valence-electron chi connectivity index (χ3n) is 2.67. The third kappa shape index (κ3) is 86.8. The molecule has 0 aliphatic rings. The summed E-state index contributed by atoms with van der Waals surface area (Å²) in [5.74, 6) is -0.164. The molecule has 3 amide bonds. The summed E-state index contributed by atoms with van der Waals surface area (Å²) >= 11 is 0. The first-order chi connectivity index (χ1) is 17.6. The number of carbonyl (C=O) groups is 3. The Hall–Kier alpha value is -1.71. The molecule has 8 N–H and O–H groups in total. The molecular formula is C28H73N5O4. The van der Waals surface area contributed by atoms with Gasteiger partial charge in [-0.05, 0) is 20.8 Å². The second-order valence-corrected chi connectivity index (χ2v) is 5.49. The SMILES string of the molecule is CC.CC.CC.CC.CC.CC.CCC(=O)NC[C@H](C)N.CCC(=O)NC[C@H](C)NC(=O)[C@H](C)N.CO. The van der Waals surface area contributed by atoms with Gasteiger partial charge in [0, 0.05) is 45.1 Å². The molecule has 37 heavy (non-hydrogen) atoms. The normalized spacial score (nSPS) is 9.65. The van der Waals surface area contributed by atoms with Crippen LogP contribution in [0, 0.1) is 0 Å². The zero-order chi connectivity index (χ0) is 32.4. The molecule has 234 valence electrons. The molecule has 0 spiro atoms. The molecule has 0 aromatic heterocycles. The number of amides is 3. The van der Waals surface area contributed by atoms with Crippen LogP contribution in [0.5, 0.6) is 0 Å². The maximum Gasteiger partial charge on any atom is 0.236 e. The lowest BCUT2D eigenvalue weighted by Gasteiger charge is -2.15. The van der Waals surface area contributed by atoms with Gasteiger partial charge in [0.25, 0.3) is 0 Å². The van der Waals surface area contributed by atoms with E-state index in [2.05, 4.69) is 16.0 Å². The molecule has 0 aliphatic carbocycles. The zero-order valence-electron chi connectivity index (χ0n) is 28.4. The van der Waals surface area contributed by atoms with E-state index in [1.807, 2.05) is 104 Å². The Labute approximate surface area is 233 Å². The molecule has 0 bridgehead atoms. The molecule has 0 aromatic rings. The van der Waals surface area contributed by atoms with E-state index in [4.69, 9.17) is 16.6 Å². The van der Waals surface area contributed by atoms with E-state index < -0.39 is 6.04 Å². The fraction of sp³-hybridized carbons (Fsp3) is 0.893. The highest BCUT2D eigenvalue weighted by molar-refractivity contribution is 5.81. The van der Waals surface area contributed by atoms with Crippen LogP contribution in [0.1, 0.15) is 131 Å². The molecule has 0 radical (unpaired) electrons. The summed E-state index contributed by atoms with van der Waals surface area (Å²) in [4.78, 5) is 32.6. The van der Waals surface area contributed by atoms with Gasteiger partial charge in [-0.1, -0.05) is 96.9 Å². The lowest BCUT2D eigenvalue weighted by molar-refractivity contribution is -0.124. The number of hydrogen-bond acceptors (Lipinski definition) is 6. The van der Waals surface area contributed by atoms with Crippen LogP contribution in [0.25, 0.3) is 0 Å². The molecule has 0 fully saturated rings. The van der Waals surface area contributed by atoms with Crippen molar-refractivity contribution in [2.75, 3.05) is 20.2 Å². The quantitative estimate of drug-likeness (QED) is 0.253. The molecule has 0 rings (SSSR count). The zero-order valence-corrected chi connectivity index (χ0v) is 28.4. The van der Waals surface area contributed by atoms with E-state index in [0.29, 0.717) is 25.9 Å². The van der Waals surface area contributed by atoms with Gasteiger partial charge < -0.3 is 32.5 Å². The van der Waals surface area contributed by atoms with Gasteiger partial charge >= 0.3 is 0 Å². The first-order valence-electron chi connectivity index (χ1n) is 14.4. The smallest absolute Gasteiger partial charge is 0.236 e. The summed E-state index contributed by atoms with van der Waals surface area (Å²) in [5.41, 5.74) is 10.7. The van der Waals surface area contributed by atoms with Crippen molar-refractivity contribution in [3.63, 3.8) is 0 Å². The molecular weight excluding hydrogens is 470 g/mol. The number of nitrogens with two attached hydrogens (primary N) is 2. The van der Waals surface area contributed by atoms with Gasteiger partial charge in [0.05, 0.1) is 6.04 Å². The highest BCUT2D eigenvalue weighted by Gasteiger charge is 2.11. The van der Waals surface area contributed by atoms with Gasteiger partial charge in [0.1, 0.15) is 0 Å². The molecule has 0 saturated carbocycles. The van der Waals surface area contributed by atoms with Crippen LogP contribution in [0.2, 0.25) is 0 Å². The van der Waals surface area contributed by atoms with E-state index in [-0.39, 0.29) is 29.8 Å². The van der Waals surface area contributed by atoms with Crippen LogP contribution in [-0.4, -0.2) is 61.2 Å². The Morgan fingerprint density at radius 3 is 1.11 bits per heavy atom. The van der Waals surface area contributed by atoms with Crippen molar-refractivity contribution >= 4 is 17.7 Å². The van der Waals surface area contributed by atoms with Crippen molar-refractivity contribution in [1.82, 2.24) is 16.0 Å². The molecule has 0 unspecified atom stereocenters. The van der Waals surface area contributed by atoms with Gasteiger partial charge in [0.2, 0.25) is 17.7 Å². The maximum atomic E-state index is 11.1. The fourth-order valence-electron chi connectivity index (χ4n) is 1.22. The van der Waals surface area contributed by atoms with Crippen molar-refractivity contribution in [1.29, 1.82) is 0 Å². The van der Waals surface area contributed by atoms with Crippen LogP contribution in [0.4, 0.5) is 0 Å². The van der Waals surface area contributed by atoms with Gasteiger partial charge in [-0.15, -0.1) is 0 Å². The predicted octanol–water partition coefficient (Wildman–Crippen LogP) is 4.99. The summed E-state index contributed by atoms with van der Waals surface area (Å²) in [5, 5.41) is 15.0. The average molecular weight is 544 g/mol. The number of carbonyl (C=O) groups excluding carboxylic acids is 3. The number of aliphatic hydroxyl groups excluding tert-OH is 1. The van der Waals surface area contributed by atoms with Crippen LogP contribution in [0.15, 0.2) is 0 Å². The summed E-state index contributed by atoms with van der Waals surface area (Å²) in [7, 11) is 1.00. The Morgan fingerprint density at radius 2 is 0.892 bits per heavy atom. The highest BCUT2D eigenvalue weighted by Crippen LogP contribution is 1.83. The van der Waals surface area contributed by atoms with E-state index in [1.54, 1.807) is 13.8 Å². The number of nitrogens with one attached hydrogen (secondary N) is 3. The number of aliphatic hydroxyl groups is 1. The first-order valence-corrected chi connectivity index (χ1v) is 14.4. The topological polar surface area (TPSA) is 160 Å². The van der Waals surface area contributed by atoms with E-state index in [0.717, 1.165) is 7.11 Å². The Balaban J connectivity index is -0.0000000420. The van der Waals surface area contributed by atoms with Crippen LogP contribution in [0.3, 0.4) is 0 Å². The van der Waals surface area contributed by atoms with Crippen molar-refractivity contribution in [3.05, 3.63) is 0 Å². The molecule has 0 saturated heterocycles. The van der Waals surface area contributed by atoms with E-state index in [9.17, 15) is 14.4 Å². The summed E-state index contributed by atoms with van der Waals surface area (Å²) in [6, 6.07) is -0.552. The monoisotopic (exact) mass is 544 g/mol. The van der Waals surface area contributed by atoms with Gasteiger partial charge in [0.15, 0.2) is 0 Å². The van der Waals surface area contributed by atoms with Gasteiger partial charge in [-0.3, -0.25) is 14.4 Å². The Bertz CT molecular complexity index is 368. The minimum Gasteiger partial charge on any atom is -0.400 e. The largest absolute Gasteiger partial charge is 0.400 e. The lowest BCUT2D eigenvalue weighted by atomic mass is 10.2. The average Bonchev–Trinajstić information content (AvgIpc) is 2.98. The number of hydrogen-bond donors (Lipinski definition) is 6. The van der Waals surface area contributed by atoms with Crippen molar-refractivity contribution in [2.45, 2.75) is 149 Å². The highest BCUT2D eigenvalue weighted by atomic mass is 16.2. The van der Waals surface area contributed by atoms with Crippen LogP contribution in [-0.2, 0) is 14.4 Å². The standard InChI is InChI=1S/C9H19N3O2.C6H14N2O.6C2H6.CH4O/c1-4-8(13)11-5-6(2)12-9(14)7(3)10;1-3-6(9)8-4-5(2)7;7*1-2/h6-7H,4-5,10H2,1-3H3,(H,11,13)(H,12,14);5H,3-4,7H2,1-2H3,(H,8,9);6*1-2H3;2H,1H3/t6-,7-;5-;;;;;;;/m00......./s1. The van der Waals surface area contributed by atoms with Gasteiger partial charge in [-0.25, -0.2) is 0 Å². The molecule has 9 heteroatoms. The first kappa shape index (κ1) is 60.0. The lowest BCUT2D eigenvalue weighted by Crippen LogP contribution is -2.47. The van der Waals surface area contributed by atoms with E-state index in [1.165, 1.54) is 0 Å². The Morgan fingerprint density at radius 1 is 0.622 bits per heavy atom. The minimum absolute atomic E-state index is 0.0214. The van der Waals surface area contributed by atoms with Crippen LogP contribution >= 0.6 is 0 Å². The molecule has 0 aliphatic heterocycles. The second kappa shape index (κ2) is 70.1. The molecule has 3 atom stereocenters. The number of rotatable bonds is 8. The summed E-state index contributed by atoms with van der Waals surface area (Å²) < 4.78 is 0. The molecule has 9 nitrogen and oxygen atoms in total. The summed E-state index contributed by atoms with van der Waals surface area (Å²) in [6.45, 7) is 33.9. The van der Waals surface area contributed by atoms with Crippen molar-refractivity contribution in [2.24, 2.45) is 11.5 Å². The third-order valence-corrected chi connectivity index (χ3v) is 2.67. The second-order valence-electron chi connectivity index (χ2n) is 5.49. The fourth-order valence-corrected chi connectivity index (χ4v) is 1.22. The van der Waals surface area contributed by atoms with Crippen molar-refractivity contribution < 1.29 is 19.5 Å². The molecule has 0 aromatic carbocycles. The maximum absolute atomic E-state index is 11.1. The minimum atomic E-state index is -0.515. The molecule has 0 heterocycles.